The summed E-state index contributed by atoms with van der Waals surface area (Å²) < 4.78 is 78.4. The molecule has 0 saturated carbocycles. The number of piperidine rings is 1. The molecule has 6 amide bonds. The van der Waals surface area contributed by atoms with Crippen molar-refractivity contribution < 1.29 is 82.8 Å². The normalized spacial score (nSPS) is 25.8. The lowest BCUT2D eigenvalue weighted by molar-refractivity contribution is -0.168. The van der Waals surface area contributed by atoms with Gasteiger partial charge in [-0.2, -0.15) is 16.8 Å². The summed E-state index contributed by atoms with van der Waals surface area (Å²) in [5.74, 6) is -10.2. The second-order valence-electron chi connectivity index (χ2n) is 16.7. The monoisotopic (exact) mass is 1040 g/mol. The number of phenolic OH excluding ortho intramolecular Hbond substituents is 1. The molecule has 2 aliphatic heterocycles. The number of aliphatic hydroxyl groups is 1. The number of amides is 6. The zero-order valence-corrected chi connectivity index (χ0v) is 40.8. The van der Waals surface area contributed by atoms with Crippen molar-refractivity contribution >= 4 is 79.8 Å². The summed E-state index contributed by atoms with van der Waals surface area (Å²) in [4.78, 5) is 106. The molecule has 2 bridgehead atoms. The summed E-state index contributed by atoms with van der Waals surface area (Å²) in [5.41, 5.74) is 11.2. The molecule has 1 aromatic rings. The fourth-order valence-corrected chi connectivity index (χ4v) is 8.29. The topological polar surface area (TPSA) is 415 Å². The number of carbonyl (C=O) groups excluding carboxylic acids is 7. The van der Waals surface area contributed by atoms with Crippen molar-refractivity contribution in [3.8, 4) is 5.75 Å². The number of rotatable bonds is 16. The van der Waals surface area contributed by atoms with E-state index in [2.05, 4.69) is 29.3 Å². The number of guanidine groups is 1. The summed E-state index contributed by atoms with van der Waals surface area (Å²) in [5, 5.41) is 30.9. The Morgan fingerprint density at radius 1 is 0.986 bits per heavy atom. The predicted molar refractivity (Wildman–Crippen MR) is 241 cm³/mol. The largest absolute Gasteiger partial charge is 0.506 e. The lowest BCUT2D eigenvalue weighted by Gasteiger charge is -2.44. The third-order valence-corrected chi connectivity index (χ3v) is 12.5. The van der Waals surface area contributed by atoms with Crippen LogP contribution in [0.4, 0.5) is 0 Å². The van der Waals surface area contributed by atoms with Crippen LogP contribution in [0.1, 0.15) is 72.3 Å². The smallest absolute Gasteiger partial charge is 0.398 e. The molecule has 12 N–H and O–H groups in total. The number of likely N-dealkylation sites (N-methyl/N-ethyl adjacent to an activating group) is 1. The Bertz CT molecular complexity index is 2320. The number of esters is 1. The molecule has 0 aliphatic carbocycles. The van der Waals surface area contributed by atoms with Gasteiger partial charge in [-0.25, -0.2) is 13.2 Å². The summed E-state index contributed by atoms with van der Waals surface area (Å²) in [6.45, 7) is 5.65. The summed E-state index contributed by atoms with van der Waals surface area (Å²) in [6.07, 6.45) is -6.80. The van der Waals surface area contributed by atoms with Crippen molar-refractivity contribution in [1.82, 2.24) is 31.1 Å². The molecule has 0 aromatic heterocycles. The molecule has 2 heterocycles. The van der Waals surface area contributed by atoms with Gasteiger partial charge >= 0.3 is 26.8 Å². The van der Waals surface area contributed by atoms with Gasteiger partial charge in [0.15, 0.2) is 12.1 Å². The number of hydrogen-bond donors (Lipinski definition) is 10. The van der Waals surface area contributed by atoms with Gasteiger partial charge in [-0.1, -0.05) is 51.8 Å². The van der Waals surface area contributed by atoms with Gasteiger partial charge in [0.2, 0.25) is 29.5 Å². The fraction of sp³-hybridized carbons (Fsp3) is 0.641. The zero-order chi connectivity index (χ0) is 52.3. The van der Waals surface area contributed by atoms with Crippen LogP contribution in [-0.4, -0.2) is 168 Å². The SMILES string of the molecule is CC[C@H](C)[C@H]1C(=O)N(C)[C@@H](Cc2ccc(O)c(Cl)c2)C(=O)N[C@@H](C(C)C)C(=O)O[C@H](C)C(NC(=O)[C@@H](COS(=O)(=O)O)OS(=O)(=O)O)C(=O)N[C@@H](CCCN=C(N)N)C(=O)N[C@H]2CC[C@@H](O)N1C2=O. The summed E-state index contributed by atoms with van der Waals surface area (Å²) in [6, 6.07) is -5.86. The minimum absolute atomic E-state index is 0.0251. The van der Waals surface area contributed by atoms with Crippen LogP contribution in [0.25, 0.3) is 0 Å². The highest BCUT2D eigenvalue weighted by Crippen LogP contribution is 2.29. The Hall–Kier alpha value is -5.43. The minimum atomic E-state index is -5.60. The molecule has 30 heteroatoms. The van der Waals surface area contributed by atoms with Crippen LogP contribution in [-0.2, 0) is 73.9 Å². The maximum atomic E-state index is 14.8. The van der Waals surface area contributed by atoms with E-state index in [1.54, 1.807) is 13.8 Å². The van der Waals surface area contributed by atoms with E-state index in [4.69, 9.17) is 32.4 Å². The van der Waals surface area contributed by atoms with Crippen LogP contribution in [0.2, 0.25) is 5.02 Å². The number of halogens is 1. The molecule has 10 atom stereocenters. The van der Waals surface area contributed by atoms with E-state index >= 15 is 0 Å². The lowest BCUT2D eigenvalue weighted by Crippen LogP contribution is -2.66. The van der Waals surface area contributed by atoms with E-state index < -0.39 is 135 Å². The Balaban J connectivity index is 2.29. The number of ether oxygens (including phenoxy) is 1. The number of benzene rings is 1. The maximum absolute atomic E-state index is 14.8. The second kappa shape index (κ2) is 24.9. The molecule has 1 unspecified atom stereocenters. The first kappa shape index (κ1) is 57.9. The molecule has 0 radical (unpaired) electrons. The van der Waals surface area contributed by atoms with E-state index in [9.17, 15) is 65.2 Å². The van der Waals surface area contributed by atoms with Crippen LogP contribution in [0.5, 0.6) is 5.75 Å². The first-order valence-corrected chi connectivity index (χ1v) is 24.6. The van der Waals surface area contributed by atoms with Gasteiger partial charge in [0.05, 0.1) is 5.02 Å². The maximum Gasteiger partial charge on any atom is 0.398 e. The molecule has 69 heavy (non-hydrogen) atoms. The number of nitrogens with two attached hydrogens (primary N) is 2. The van der Waals surface area contributed by atoms with E-state index in [0.717, 1.165) is 16.7 Å². The third kappa shape index (κ3) is 16.9. The summed E-state index contributed by atoms with van der Waals surface area (Å²) >= 11 is 6.20. The molecule has 2 aliphatic rings. The van der Waals surface area contributed by atoms with Crippen LogP contribution in [0.15, 0.2) is 23.2 Å². The van der Waals surface area contributed by atoms with E-state index in [1.165, 1.54) is 39.1 Å². The number of nitrogens with one attached hydrogen (secondary N) is 4. The quantitative estimate of drug-likeness (QED) is 0.0266. The number of fused-ring (bicyclic) bond motifs is 2. The van der Waals surface area contributed by atoms with Gasteiger partial charge < -0.3 is 57.5 Å². The average molecular weight is 1040 g/mol. The zero-order valence-electron chi connectivity index (χ0n) is 38.4. The minimum Gasteiger partial charge on any atom is -0.506 e. The van der Waals surface area contributed by atoms with E-state index in [-0.39, 0.29) is 61.8 Å². The van der Waals surface area contributed by atoms with Gasteiger partial charge in [-0.3, -0.25) is 42.9 Å². The average Bonchev–Trinajstić information content (AvgIpc) is 3.24. The number of cyclic esters (lactones) is 1. The number of aromatic hydroxyl groups is 1. The Kier molecular flexibility index (Phi) is 20.9. The van der Waals surface area contributed by atoms with Crippen molar-refractivity contribution in [2.75, 3.05) is 20.2 Å². The van der Waals surface area contributed by atoms with Crippen molar-refractivity contribution in [1.29, 1.82) is 0 Å². The van der Waals surface area contributed by atoms with Gasteiger partial charge in [-0.05, 0) is 62.1 Å². The first-order valence-electron chi connectivity index (χ1n) is 21.4. The number of aliphatic imine (C=N–C) groups is 1. The molecule has 2 fully saturated rings. The standard InChI is InChI=1S/C39H60ClN9O18S2/c1-7-19(4)31-37(57)48(6)25(16-21-10-12-26(50)22(40)15-21)33(53)46-29(18(2)3)38(58)66-20(5)30(47-34(54)27(67-69(62,63)64)17-65-68(59,60)61)35(55)44-23(9-8-14-43-39(41)42)32(52)45-24-11-13-28(51)49(31)36(24)56/h10,12,15,18-20,23-25,27-31,50-51H,7-9,11,13-14,16-17H2,1-6H3,(H,44,55)(H,45,52)(H,46,53)(H,47,54)(H4,41,42,43)(H,59,60,61)(H,62,63,64)/t19-,20+,23-,24-,25-,27+,28+,29-,30?,31-/m0/s1. The van der Waals surface area contributed by atoms with E-state index in [0.29, 0.717) is 5.56 Å². The van der Waals surface area contributed by atoms with Crippen LogP contribution >= 0.6 is 11.6 Å². The number of aliphatic hydroxyl groups excluding tert-OH is 1. The lowest BCUT2D eigenvalue weighted by atomic mass is 9.91. The van der Waals surface area contributed by atoms with Crippen molar-refractivity contribution in [2.45, 2.75) is 128 Å². The van der Waals surface area contributed by atoms with Gasteiger partial charge in [0, 0.05) is 20.0 Å². The van der Waals surface area contributed by atoms with Gasteiger partial charge in [0.25, 0.3) is 5.91 Å². The highest BCUT2D eigenvalue weighted by Gasteiger charge is 2.47. The Morgan fingerprint density at radius 3 is 2.20 bits per heavy atom. The predicted octanol–water partition coefficient (Wildman–Crippen LogP) is -2.63. The molecule has 1 aromatic carbocycles. The highest BCUT2D eigenvalue weighted by atomic mass is 35.5. The third-order valence-electron chi connectivity index (χ3n) is 11.2. The number of phenols is 1. The van der Waals surface area contributed by atoms with Crippen LogP contribution < -0.4 is 32.7 Å². The van der Waals surface area contributed by atoms with Crippen LogP contribution in [0.3, 0.4) is 0 Å². The highest BCUT2D eigenvalue weighted by molar-refractivity contribution is 7.81. The number of hydrogen-bond acceptors (Lipinski definition) is 17. The van der Waals surface area contributed by atoms with Crippen molar-refractivity contribution in [2.24, 2.45) is 28.3 Å². The van der Waals surface area contributed by atoms with Crippen molar-refractivity contribution in [3.63, 3.8) is 0 Å². The van der Waals surface area contributed by atoms with Gasteiger partial charge in [0.1, 0.15) is 60.9 Å². The number of carbonyl (C=O) groups is 7. The number of nitrogens with zero attached hydrogens (tertiary/aromatic N) is 3. The van der Waals surface area contributed by atoms with Crippen LogP contribution in [0, 0.1) is 11.8 Å². The van der Waals surface area contributed by atoms with Gasteiger partial charge in [-0.15, -0.1) is 0 Å². The molecular weight excluding hydrogens is 982 g/mol. The first-order chi connectivity index (χ1) is 32.0. The molecule has 0 spiro atoms. The van der Waals surface area contributed by atoms with E-state index in [1.807, 2.05) is 5.32 Å². The molecular formula is C39H60ClN9O18S2. The Labute approximate surface area is 403 Å². The van der Waals surface area contributed by atoms with Crippen molar-refractivity contribution in [3.05, 3.63) is 28.8 Å². The molecule has 3 rings (SSSR count). The summed E-state index contributed by atoms with van der Waals surface area (Å²) in [7, 11) is -9.73. The Morgan fingerprint density at radius 2 is 1.64 bits per heavy atom. The molecule has 2 saturated heterocycles. The molecule has 27 nitrogen and oxygen atoms in total. The molecule has 388 valence electrons. The fourth-order valence-electron chi connectivity index (χ4n) is 7.35. The second-order valence-corrected chi connectivity index (χ2v) is 19.3.